The predicted molar refractivity (Wildman–Crippen MR) is 90.8 cm³/mol. The van der Waals surface area contributed by atoms with Crippen molar-refractivity contribution in [3.05, 3.63) is 82.3 Å². The minimum absolute atomic E-state index is 0.0255. The molecule has 2 aromatic carbocycles. The van der Waals surface area contributed by atoms with Crippen LogP contribution in [0.1, 0.15) is 16.1 Å². The zero-order valence-electron chi connectivity index (χ0n) is 12.9. The minimum Gasteiger partial charge on any atom is -0.506 e. The van der Waals surface area contributed by atoms with E-state index in [1.165, 1.54) is 11.5 Å². The minimum atomic E-state index is -1.29. The molecule has 0 saturated carbocycles. The summed E-state index contributed by atoms with van der Waals surface area (Å²) in [5.41, 5.74) is 0.412. The SMILES string of the molecule is Cc1c(C(=O)O)c(O)c(-c2ccccc2)c(=O)n1-c1ccccc1. The van der Waals surface area contributed by atoms with Crippen LogP contribution in [0.4, 0.5) is 0 Å². The zero-order valence-corrected chi connectivity index (χ0v) is 12.9. The lowest BCUT2D eigenvalue weighted by Crippen LogP contribution is -2.25. The molecule has 0 unspecified atom stereocenters. The van der Waals surface area contributed by atoms with Gasteiger partial charge in [0.2, 0.25) is 0 Å². The van der Waals surface area contributed by atoms with Gasteiger partial charge < -0.3 is 10.2 Å². The summed E-state index contributed by atoms with van der Waals surface area (Å²) in [6.45, 7) is 1.51. The van der Waals surface area contributed by atoms with Crippen molar-refractivity contribution in [2.24, 2.45) is 0 Å². The highest BCUT2D eigenvalue weighted by atomic mass is 16.4. The molecule has 3 rings (SSSR count). The van der Waals surface area contributed by atoms with Crippen molar-refractivity contribution in [1.29, 1.82) is 0 Å². The summed E-state index contributed by atoms with van der Waals surface area (Å²) in [4.78, 5) is 24.6. The molecule has 0 bridgehead atoms. The summed E-state index contributed by atoms with van der Waals surface area (Å²) in [6, 6.07) is 17.3. The van der Waals surface area contributed by atoms with Crippen LogP contribution in [0, 0.1) is 6.92 Å². The molecule has 0 atom stereocenters. The number of aromatic carboxylic acids is 1. The van der Waals surface area contributed by atoms with Crippen LogP contribution in [0.2, 0.25) is 0 Å². The highest BCUT2D eigenvalue weighted by Gasteiger charge is 2.25. The van der Waals surface area contributed by atoms with E-state index in [0.29, 0.717) is 11.3 Å². The Morgan fingerprint density at radius 2 is 1.50 bits per heavy atom. The monoisotopic (exact) mass is 321 g/mol. The molecule has 0 amide bonds. The summed E-state index contributed by atoms with van der Waals surface area (Å²) >= 11 is 0. The first-order chi connectivity index (χ1) is 11.5. The Kier molecular flexibility index (Phi) is 3.92. The highest BCUT2D eigenvalue weighted by Crippen LogP contribution is 2.32. The molecule has 3 aromatic rings. The third kappa shape index (κ3) is 2.46. The van der Waals surface area contributed by atoms with Crippen LogP contribution in [0.5, 0.6) is 5.75 Å². The predicted octanol–water partition coefficient (Wildman–Crippen LogP) is 3.22. The van der Waals surface area contributed by atoms with Gasteiger partial charge in [-0.15, -0.1) is 0 Å². The van der Waals surface area contributed by atoms with Crippen LogP contribution >= 0.6 is 0 Å². The number of benzene rings is 2. The Hall–Kier alpha value is -3.34. The fourth-order valence-corrected chi connectivity index (χ4v) is 2.78. The van der Waals surface area contributed by atoms with Crippen LogP contribution in [-0.4, -0.2) is 20.7 Å². The van der Waals surface area contributed by atoms with E-state index in [1.54, 1.807) is 60.7 Å². The number of carbonyl (C=O) groups is 1. The fourth-order valence-electron chi connectivity index (χ4n) is 2.78. The molecule has 0 aliphatic carbocycles. The summed E-state index contributed by atoms with van der Waals surface area (Å²) in [7, 11) is 0. The van der Waals surface area contributed by atoms with Gasteiger partial charge in [0, 0.05) is 11.4 Å². The number of para-hydroxylation sites is 1. The van der Waals surface area contributed by atoms with Gasteiger partial charge in [0.05, 0.1) is 5.56 Å². The Morgan fingerprint density at radius 1 is 0.958 bits per heavy atom. The van der Waals surface area contributed by atoms with Gasteiger partial charge in [-0.25, -0.2) is 4.79 Å². The number of hydrogen-bond acceptors (Lipinski definition) is 3. The number of pyridine rings is 1. The normalized spacial score (nSPS) is 10.5. The summed E-state index contributed by atoms with van der Waals surface area (Å²) in [5.74, 6) is -1.80. The molecule has 0 spiro atoms. The van der Waals surface area contributed by atoms with Crippen molar-refractivity contribution in [3.63, 3.8) is 0 Å². The van der Waals surface area contributed by atoms with E-state index in [4.69, 9.17) is 0 Å². The third-order valence-electron chi connectivity index (χ3n) is 3.88. The number of nitrogens with zero attached hydrogens (tertiary/aromatic N) is 1. The van der Waals surface area contributed by atoms with Gasteiger partial charge in [-0.1, -0.05) is 48.5 Å². The van der Waals surface area contributed by atoms with Crippen molar-refractivity contribution < 1.29 is 15.0 Å². The number of carboxylic acids is 1. The molecular weight excluding hydrogens is 306 g/mol. The number of hydrogen-bond donors (Lipinski definition) is 2. The first-order valence-corrected chi connectivity index (χ1v) is 7.35. The molecular formula is C19H15NO4. The van der Waals surface area contributed by atoms with Crippen LogP contribution in [0.3, 0.4) is 0 Å². The summed E-state index contributed by atoms with van der Waals surface area (Å²) in [5, 5.41) is 20.0. The van der Waals surface area contributed by atoms with E-state index in [1.807, 2.05) is 0 Å². The average molecular weight is 321 g/mol. The van der Waals surface area contributed by atoms with Gasteiger partial charge in [-0.05, 0) is 24.6 Å². The van der Waals surface area contributed by atoms with E-state index in [-0.39, 0.29) is 16.8 Å². The molecule has 0 saturated heterocycles. The van der Waals surface area contributed by atoms with Gasteiger partial charge in [0.25, 0.3) is 5.56 Å². The third-order valence-corrected chi connectivity index (χ3v) is 3.88. The molecule has 1 heterocycles. The second kappa shape index (κ2) is 6.04. The first-order valence-electron chi connectivity index (χ1n) is 7.35. The summed E-state index contributed by atoms with van der Waals surface area (Å²) in [6.07, 6.45) is 0. The van der Waals surface area contributed by atoms with E-state index in [9.17, 15) is 19.8 Å². The van der Waals surface area contributed by atoms with Gasteiger partial charge in [-0.3, -0.25) is 9.36 Å². The maximum absolute atomic E-state index is 13.0. The van der Waals surface area contributed by atoms with Crippen LogP contribution < -0.4 is 5.56 Å². The smallest absolute Gasteiger partial charge is 0.341 e. The molecule has 120 valence electrons. The fraction of sp³-hybridized carbons (Fsp3) is 0.0526. The van der Waals surface area contributed by atoms with Crippen LogP contribution in [0.15, 0.2) is 65.5 Å². The topological polar surface area (TPSA) is 79.5 Å². The molecule has 5 heteroatoms. The molecule has 0 aliphatic heterocycles. The lowest BCUT2D eigenvalue weighted by molar-refractivity contribution is 0.0692. The van der Waals surface area contributed by atoms with Crippen molar-refractivity contribution in [2.45, 2.75) is 6.92 Å². The summed E-state index contributed by atoms with van der Waals surface area (Å²) < 4.78 is 1.31. The number of aromatic hydroxyl groups is 1. The van der Waals surface area contributed by atoms with Crippen LogP contribution in [0.25, 0.3) is 16.8 Å². The molecule has 5 nitrogen and oxygen atoms in total. The standard InChI is InChI=1S/C19H15NO4/c1-12-15(19(23)24)17(21)16(13-8-4-2-5-9-13)18(22)20(12)14-10-6-3-7-11-14/h2-11,21H,1H3,(H,23,24). The van der Waals surface area contributed by atoms with Gasteiger partial charge >= 0.3 is 5.97 Å². The lowest BCUT2D eigenvalue weighted by atomic mass is 10.0. The highest BCUT2D eigenvalue weighted by molar-refractivity contribution is 5.95. The molecule has 1 aromatic heterocycles. The van der Waals surface area contributed by atoms with E-state index >= 15 is 0 Å². The molecule has 2 N–H and O–H groups in total. The lowest BCUT2D eigenvalue weighted by Gasteiger charge is -2.17. The quantitative estimate of drug-likeness (QED) is 0.776. The van der Waals surface area contributed by atoms with Gasteiger partial charge in [0.15, 0.2) is 0 Å². The van der Waals surface area contributed by atoms with E-state index < -0.39 is 17.3 Å². The van der Waals surface area contributed by atoms with Crippen LogP contribution in [-0.2, 0) is 0 Å². The van der Waals surface area contributed by atoms with Gasteiger partial charge in [0.1, 0.15) is 11.3 Å². The number of rotatable bonds is 3. The molecule has 0 radical (unpaired) electrons. The van der Waals surface area contributed by atoms with E-state index in [0.717, 1.165) is 0 Å². The Balaban J connectivity index is 2.46. The average Bonchev–Trinajstić information content (AvgIpc) is 2.56. The second-order valence-corrected chi connectivity index (χ2v) is 5.33. The number of carboxylic acid groups (broad SMARTS) is 1. The largest absolute Gasteiger partial charge is 0.506 e. The second-order valence-electron chi connectivity index (χ2n) is 5.33. The Labute approximate surface area is 138 Å². The molecule has 24 heavy (non-hydrogen) atoms. The molecule has 0 aliphatic rings. The Bertz CT molecular complexity index is 890. The Morgan fingerprint density at radius 3 is 2.04 bits per heavy atom. The van der Waals surface area contributed by atoms with E-state index in [2.05, 4.69) is 0 Å². The first kappa shape index (κ1) is 15.6. The maximum Gasteiger partial charge on any atom is 0.341 e. The van der Waals surface area contributed by atoms with Crippen molar-refractivity contribution in [2.75, 3.05) is 0 Å². The number of aromatic nitrogens is 1. The van der Waals surface area contributed by atoms with Crippen molar-refractivity contribution >= 4 is 5.97 Å². The van der Waals surface area contributed by atoms with Gasteiger partial charge in [-0.2, -0.15) is 0 Å². The molecule has 0 fully saturated rings. The maximum atomic E-state index is 13.0. The zero-order chi connectivity index (χ0) is 17.3. The van der Waals surface area contributed by atoms with Crippen molar-refractivity contribution in [1.82, 2.24) is 4.57 Å². The van der Waals surface area contributed by atoms with Crippen molar-refractivity contribution in [3.8, 4) is 22.6 Å².